The zero-order valence-electron chi connectivity index (χ0n) is 15.7. The largest absolute Gasteiger partial charge is 0.383 e. The van der Waals surface area contributed by atoms with Crippen LogP contribution in [0.3, 0.4) is 0 Å². The molecule has 0 radical (unpaired) electrons. The average molecular weight is 391 g/mol. The molecule has 27 heavy (non-hydrogen) atoms. The number of nitrogens with one attached hydrogen (secondary N) is 2. The van der Waals surface area contributed by atoms with Crippen molar-refractivity contribution in [1.29, 1.82) is 0 Å². The molecule has 2 rings (SSSR count). The number of unbranched alkanes of at least 4 members (excludes halogenated alkanes) is 1. The van der Waals surface area contributed by atoms with Gasteiger partial charge in [0.05, 0.1) is 11.5 Å². The highest BCUT2D eigenvalue weighted by Gasteiger charge is 2.16. The summed E-state index contributed by atoms with van der Waals surface area (Å²) in [4.78, 5) is 12.1. The first kappa shape index (κ1) is 20.9. The first-order valence-electron chi connectivity index (χ1n) is 8.95. The molecule has 2 aromatic rings. The summed E-state index contributed by atoms with van der Waals surface area (Å²) in [6, 6.07) is 13.3. The van der Waals surface area contributed by atoms with Gasteiger partial charge in [-0.2, -0.15) is 0 Å². The normalized spacial score (nSPS) is 11.2. The second kappa shape index (κ2) is 10.1. The van der Waals surface area contributed by atoms with E-state index in [-0.39, 0.29) is 16.4 Å². The fourth-order valence-corrected chi connectivity index (χ4v) is 3.61. The van der Waals surface area contributed by atoms with Crippen LogP contribution in [-0.2, 0) is 21.2 Å². The number of ether oxygens (including phenoxy) is 1. The number of sulfonamides is 1. The Labute approximate surface area is 161 Å². The Morgan fingerprint density at radius 2 is 1.85 bits per heavy atom. The molecule has 7 heteroatoms. The Hall–Kier alpha value is -2.38. The maximum absolute atomic E-state index is 12.6. The van der Waals surface area contributed by atoms with Gasteiger partial charge in [0.25, 0.3) is 15.9 Å². The molecule has 0 atom stereocenters. The van der Waals surface area contributed by atoms with Gasteiger partial charge < -0.3 is 10.1 Å². The predicted molar refractivity (Wildman–Crippen MR) is 107 cm³/mol. The highest BCUT2D eigenvalue weighted by atomic mass is 32.2. The summed E-state index contributed by atoms with van der Waals surface area (Å²) in [6.07, 6.45) is 3.19. The monoisotopic (exact) mass is 390 g/mol. The Bertz CT molecular complexity index is 849. The summed E-state index contributed by atoms with van der Waals surface area (Å²) in [5, 5.41) is 2.67. The first-order chi connectivity index (χ1) is 13.0. The molecular weight excluding hydrogens is 364 g/mol. The first-order valence-corrected chi connectivity index (χ1v) is 10.4. The summed E-state index contributed by atoms with van der Waals surface area (Å²) in [6.45, 7) is 2.88. The van der Waals surface area contributed by atoms with E-state index in [1.165, 1.54) is 17.7 Å². The molecule has 0 aliphatic rings. The van der Waals surface area contributed by atoms with Crippen LogP contribution in [0.5, 0.6) is 0 Å². The van der Waals surface area contributed by atoms with Gasteiger partial charge in [0.1, 0.15) is 0 Å². The molecule has 0 unspecified atom stereocenters. The van der Waals surface area contributed by atoms with Crippen molar-refractivity contribution in [2.24, 2.45) is 0 Å². The zero-order valence-corrected chi connectivity index (χ0v) is 16.5. The molecule has 0 bridgehead atoms. The second-order valence-electron chi connectivity index (χ2n) is 6.18. The maximum Gasteiger partial charge on any atom is 0.261 e. The third kappa shape index (κ3) is 6.37. The number of carbonyl (C=O) groups is 1. The Morgan fingerprint density at radius 1 is 1.11 bits per heavy atom. The fraction of sp³-hybridized carbons (Fsp3) is 0.350. The number of carbonyl (C=O) groups excluding carboxylic acids is 1. The van der Waals surface area contributed by atoms with E-state index in [1.54, 1.807) is 31.4 Å². The van der Waals surface area contributed by atoms with Crippen LogP contribution < -0.4 is 10.0 Å². The molecule has 2 aromatic carbocycles. The van der Waals surface area contributed by atoms with Crippen LogP contribution >= 0.6 is 0 Å². The summed E-state index contributed by atoms with van der Waals surface area (Å²) >= 11 is 0. The van der Waals surface area contributed by atoms with Crippen molar-refractivity contribution in [2.75, 3.05) is 25.0 Å². The van der Waals surface area contributed by atoms with Crippen molar-refractivity contribution in [2.45, 2.75) is 31.1 Å². The molecule has 0 aliphatic carbocycles. The summed E-state index contributed by atoms with van der Waals surface area (Å²) < 4.78 is 32.7. The van der Waals surface area contributed by atoms with Crippen molar-refractivity contribution in [3.63, 3.8) is 0 Å². The van der Waals surface area contributed by atoms with Gasteiger partial charge in [-0.3, -0.25) is 9.52 Å². The lowest BCUT2D eigenvalue weighted by atomic mass is 10.1. The number of aryl methyl sites for hydroxylation is 1. The Kier molecular flexibility index (Phi) is 7.82. The van der Waals surface area contributed by atoms with E-state index in [0.717, 1.165) is 19.3 Å². The lowest BCUT2D eigenvalue weighted by molar-refractivity contribution is 0.0937. The number of hydrogen-bond donors (Lipinski definition) is 2. The van der Waals surface area contributed by atoms with Crippen molar-refractivity contribution in [3.8, 4) is 0 Å². The fourth-order valence-electron chi connectivity index (χ4n) is 2.51. The van der Waals surface area contributed by atoms with Gasteiger partial charge in [-0.05, 0) is 48.7 Å². The highest BCUT2D eigenvalue weighted by Crippen LogP contribution is 2.18. The van der Waals surface area contributed by atoms with Crippen molar-refractivity contribution in [1.82, 2.24) is 5.32 Å². The standard InChI is InChI=1S/C20H26N2O4S/c1-3-4-6-16-9-11-18(12-10-16)22-27(24,25)19-8-5-7-17(15-19)20(23)21-13-14-26-2/h5,7-12,15,22H,3-4,6,13-14H2,1-2H3,(H,21,23). The highest BCUT2D eigenvalue weighted by molar-refractivity contribution is 7.92. The molecule has 0 heterocycles. The van der Waals surface area contributed by atoms with E-state index >= 15 is 0 Å². The average Bonchev–Trinajstić information content (AvgIpc) is 2.67. The number of methoxy groups -OCH3 is 1. The molecule has 0 saturated carbocycles. The van der Waals surface area contributed by atoms with E-state index in [2.05, 4.69) is 17.0 Å². The second-order valence-corrected chi connectivity index (χ2v) is 7.86. The van der Waals surface area contributed by atoms with Gasteiger partial charge in [0, 0.05) is 24.9 Å². The van der Waals surface area contributed by atoms with Crippen LogP contribution in [0, 0.1) is 0 Å². The van der Waals surface area contributed by atoms with E-state index in [0.29, 0.717) is 18.8 Å². The molecule has 0 fully saturated rings. The summed E-state index contributed by atoms with van der Waals surface area (Å²) in [5.41, 5.74) is 1.95. The molecule has 146 valence electrons. The van der Waals surface area contributed by atoms with Crippen LogP contribution in [-0.4, -0.2) is 34.6 Å². The van der Waals surface area contributed by atoms with Crippen molar-refractivity contribution >= 4 is 21.6 Å². The molecule has 0 saturated heterocycles. The van der Waals surface area contributed by atoms with E-state index < -0.39 is 10.0 Å². The van der Waals surface area contributed by atoms with Gasteiger partial charge in [0.15, 0.2) is 0 Å². The van der Waals surface area contributed by atoms with Crippen LogP contribution in [0.15, 0.2) is 53.4 Å². The summed E-state index contributed by atoms with van der Waals surface area (Å²) in [7, 11) is -2.24. The number of hydrogen-bond acceptors (Lipinski definition) is 4. The quantitative estimate of drug-likeness (QED) is 0.610. The van der Waals surface area contributed by atoms with Gasteiger partial charge in [-0.1, -0.05) is 31.5 Å². The van der Waals surface area contributed by atoms with Crippen LogP contribution in [0.25, 0.3) is 0 Å². The number of amides is 1. The molecular formula is C20H26N2O4S. The topological polar surface area (TPSA) is 84.5 Å². The van der Waals surface area contributed by atoms with E-state index in [9.17, 15) is 13.2 Å². The van der Waals surface area contributed by atoms with Crippen LogP contribution in [0.4, 0.5) is 5.69 Å². The Morgan fingerprint density at radius 3 is 2.52 bits per heavy atom. The summed E-state index contributed by atoms with van der Waals surface area (Å²) in [5.74, 6) is -0.343. The smallest absolute Gasteiger partial charge is 0.261 e. The van der Waals surface area contributed by atoms with Gasteiger partial charge in [0.2, 0.25) is 0 Å². The van der Waals surface area contributed by atoms with Gasteiger partial charge >= 0.3 is 0 Å². The lowest BCUT2D eigenvalue weighted by Crippen LogP contribution is -2.27. The predicted octanol–water partition coefficient (Wildman–Crippen LogP) is 3.21. The third-order valence-electron chi connectivity index (χ3n) is 4.02. The van der Waals surface area contributed by atoms with Crippen LogP contribution in [0.2, 0.25) is 0 Å². The molecule has 0 spiro atoms. The SMILES string of the molecule is CCCCc1ccc(NS(=O)(=O)c2cccc(C(=O)NCCOC)c2)cc1. The molecule has 2 N–H and O–H groups in total. The van der Waals surface area contributed by atoms with Gasteiger partial charge in [-0.25, -0.2) is 8.42 Å². The number of rotatable bonds is 10. The maximum atomic E-state index is 12.6. The molecule has 1 amide bonds. The molecule has 0 aliphatic heterocycles. The van der Waals surface area contributed by atoms with Crippen LogP contribution in [0.1, 0.15) is 35.7 Å². The van der Waals surface area contributed by atoms with E-state index in [4.69, 9.17) is 4.74 Å². The van der Waals surface area contributed by atoms with Crippen molar-refractivity contribution < 1.29 is 17.9 Å². The minimum Gasteiger partial charge on any atom is -0.383 e. The third-order valence-corrected chi connectivity index (χ3v) is 5.40. The Balaban J connectivity index is 2.09. The zero-order chi connectivity index (χ0) is 19.7. The minimum atomic E-state index is -3.78. The molecule has 0 aromatic heterocycles. The number of anilines is 1. The number of benzene rings is 2. The molecule has 6 nitrogen and oxygen atoms in total. The van der Waals surface area contributed by atoms with Gasteiger partial charge in [-0.15, -0.1) is 0 Å². The van der Waals surface area contributed by atoms with Crippen molar-refractivity contribution in [3.05, 3.63) is 59.7 Å². The minimum absolute atomic E-state index is 0.0388. The van der Waals surface area contributed by atoms with E-state index in [1.807, 2.05) is 12.1 Å². The lowest BCUT2D eigenvalue weighted by Gasteiger charge is -2.10.